The standard InChI is InChI=1S/C27H20BrFN2O3S/c28-20-10-11-23-21(15-20)19(17-30(23)12-13-34-24-9-5-4-8-22(24)29)14-25-26(32)31(27(33)35-25)16-18-6-2-1-3-7-18/h1-11,14-15,17H,12-13,16H2/b25-14-. The van der Waals surface area contributed by atoms with Gasteiger partial charge in [-0.15, -0.1) is 0 Å². The van der Waals surface area contributed by atoms with Gasteiger partial charge in [0, 0.05) is 27.1 Å². The van der Waals surface area contributed by atoms with E-state index in [4.69, 9.17) is 4.74 Å². The molecule has 1 saturated heterocycles. The zero-order valence-corrected chi connectivity index (χ0v) is 20.9. The predicted molar refractivity (Wildman–Crippen MR) is 139 cm³/mol. The summed E-state index contributed by atoms with van der Waals surface area (Å²) < 4.78 is 22.4. The molecule has 5 nitrogen and oxygen atoms in total. The van der Waals surface area contributed by atoms with Gasteiger partial charge < -0.3 is 9.30 Å². The highest BCUT2D eigenvalue weighted by atomic mass is 79.9. The van der Waals surface area contributed by atoms with Crippen LogP contribution in [0.5, 0.6) is 5.75 Å². The summed E-state index contributed by atoms with van der Waals surface area (Å²) in [5.41, 5.74) is 2.66. The van der Waals surface area contributed by atoms with Crippen molar-refractivity contribution in [3.8, 4) is 5.75 Å². The number of thioether (sulfide) groups is 1. The Hall–Kier alpha value is -3.36. The molecule has 0 atom stereocenters. The highest BCUT2D eigenvalue weighted by Crippen LogP contribution is 2.35. The fraction of sp³-hybridized carbons (Fsp3) is 0.111. The van der Waals surface area contributed by atoms with Crippen molar-refractivity contribution in [2.75, 3.05) is 6.61 Å². The van der Waals surface area contributed by atoms with Crippen LogP contribution in [0.2, 0.25) is 0 Å². The van der Waals surface area contributed by atoms with Gasteiger partial charge in [-0.25, -0.2) is 4.39 Å². The second-order valence-corrected chi connectivity index (χ2v) is 9.88. The van der Waals surface area contributed by atoms with Crippen LogP contribution in [0.4, 0.5) is 9.18 Å². The Morgan fingerprint density at radius 2 is 1.77 bits per heavy atom. The molecule has 0 radical (unpaired) electrons. The molecule has 0 unspecified atom stereocenters. The van der Waals surface area contributed by atoms with Gasteiger partial charge in [-0.2, -0.15) is 0 Å². The smallest absolute Gasteiger partial charge is 0.293 e. The van der Waals surface area contributed by atoms with Crippen molar-refractivity contribution in [1.29, 1.82) is 0 Å². The van der Waals surface area contributed by atoms with Gasteiger partial charge in [0.05, 0.1) is 18.0 Å². The Kier molecular flexibility index (Phi) is 6.74. The van der Waals surface area contributed by atoms with Crippen LogP contribution in [0.1, 0.15) is 11.1 Å². The van der Waals surface area contributed by atoms with Gasteiger partial charge in [0.15, 0.2) is 11.6 Å². The number of halogens is 2. The molecule has 8 heteroatoms. The first-order valence-corrected chi connectivity index (χ1v) is 12.6. The Morgan fingerprint density at radius 1 is 1.00 bits per heavy atom. The fourth-order valence-electron chi connectivity index (χ4n) is 3.96. The predicted octanol–water partition coefficient (Wildman–Crippen LogP) is 6.86. The van der Waals surface area contributed by atoms with E-state index in [9.17, 15) is 14.0 Å². The average molecular weight is 551 g/mol. The lowest BCUT2D eigenvalue weighted by Gasteiger charge is -2.12. The number of hydrogen-bond donors (Lipinski definition) is 0. The van der Waals surface area contributed by atoms with Crippen LogP contribution in [0.25, 0.3) is 17.0 Å². The lowest BCUT2D eigenvalue weighted by molar-refractivity contribution is -0.123. The fourth-order valence-corrected chi connectivity index (χ4v) is 5.15. The van der Waals surface area contributed by atoms with Crippen molar-refractivity contribution in [1.82, 2.24) is 9.47 Å². The Bertz CT molecular complexity index is 1450. The normalized spacial score (nSPS) is 14.9. The summed E-state index contributed by atoms with van der Waals surface area (Å²) in [6, 6.07) is 21.6. The minimum Gasteiger partial charge on any atom is -0.489 e. The van der Waals surface area contributed by atoms with Crippen molar-refractivity contribution >= 4 is 55.8 Å². The molecule has 1 aromatic heterocycles. The molecule has 35 heavy (non-hydrogen) atoms. The summed E-state index contributed by atoms with van der Waals surface area (Å²) in [6.07, 6.45) is 3.69. The van der Waals surface area contributed by atoms with Crippen LogP contribution in [0.3, 0.4) is 0 Å². The Labute approximate surface area is 214 Å². The van der Waals surface area contributed by atoms with E-state index in [-0.39, 0.29) is 30.0 Å². The van der Waals surface area contributed by atoms with Crippen molar-refractivity contribution in [3.63, 3.8) is 0 Å². The number of carbonyl (C=O) groups excluding carboxylic acids is 2. The minimum absolute atomic E-state index is 0.207. The molecule has 1 aliphatic rings. The molecule has 0 aliphatic carbocycles. The van der Waals surface area contributed by atoms with Gasteiger partial charge in [0.2, 0.25) is 0 Å². The molecular weight excluding hydrogens is 531 g/mol. The lowest BCUT2D eigenvalue weighted by atomic mass is 10.1. The maximum Gasteiger partial charge on any atom is 0.293 e. The molecule has 0 saturated carbocycles. The zero-order chi connectivity index (χ0) is 24.4. The number of aromatic nitrogens is 1. The molecule has 2 amide bonds. The van der Waals surface area contributed by atoms with Gasteiger partial charge in [0.25, 0.3) is 11.1 Å². The van der Waals surface area contributed by atoms with Crippen molar-refractivity contribution < 1.29 is 18.7 Å². The number of carbonyl (C=O) groups is 2. The maximum absolute atomic E-state index is 13.9. The number of para-hydroxylation sites is 1. The van der Waals surface area contributed by atoms with E-state index in [2.05, 4.69) is 15.9 Å². The second kappa shape index (κ2) is 10.1. The SMILES string of the molecule is O=C1S/C(=C\c2cn(CCOc3ccccc3F)c3ccc(Br)cc23)C(=O)N1Cc1ccccc1. The number of benzene rings is 3. The summed E-state index contributed by atoms with van der Waals surface area (Å²) in [4.78, 5) is 27.3. The first-order valence-electron chi connectivity index (χ1n) is 10.9. The highest BCUT2D eigenvalue weighted by molar-refractivity contribution is 9.10. The van der Waals surface area contributed by atoms with Gasteiger partial charge in [-0.05, 0) is 53.7 Å². The summed E-state index contributed by atoms with van der Waals surface area (Å²) in [6.45, 7) is 0.993. The number of nitrogens with zero attached hydrogens (tertiary/aromatic N) is 2. The molecular formula is C27H20BrFN2O3S. The Morgan fingerprint density at radius 3 is 2.57 bits per heavy atom. The molecule has 1 aliphatic heterocycles. The third-order valence-corrected chi connectivity index (χ3v) is 7.04. The number of hydrogen-bond acceptors (Lipinski definition) is 4. The van der Waals surface area contributed by atoms with Crippen LogP contribution in [-0.4, -0.2) is 27.2 Å². The third-order valence-electron chi connectivity index (χ3n) is 5.64. The van der Waals surface area contributed by atoms with Crippen LogP contribution < -0.4 is 4.74 Å². The van der Waals surface area contributed by atoms with E-state index >= 15 is 0 Å². The number of rotatable bonds is 7. The van der Waals surface area contributed by atoms with Gasteiger partial charge >= 0.3 is 0 Å². The van der Waals surface area contributed by atoms with Crippen molar-refractivity contribution in [2.24, 2.45) is 0 Å². The molecule has 0 bridgehead atoms. The minimum atomic E-state index is -0.402. The largest absolute Gasteiger partial charge is 0.489 e. The van der Waals surface area contributed by atoms with Crippen LogP contribution >= 0.6 is 27.7 Å². The van der Waals surface area contributed by atoms with Gasteiger partial charge in [-0.1, -0.05) is 58.4 Å². The molecule has 1 fully saturated rings. The van der Waals surface area contributed by atoms with Crippen LogP contribution in [-0.2, 0) is 17.9 Å². The summed E-state index contributed by atoms with van der Waals surface area (Å²) in [5.74, 6) is -0.498. The molecule has 5 rings (SSSR count). The average Bonchev–Trinajstić information content (AvgIpc) is 3.32. The Balaban J connectivity index is 1.40. The molecule has 176 valence electrons. The summed E-state index contributed by atoms with van der Waals surface area (Å²) >= 11 is 4.46. The van der Waals surface area contributed by atoms with E-state index < -0.39 is 5.82 Å². The topological polar surface area (TPSA) is 51.5 Å². The van der Waals surface area contributed by atoms with E-state index in [1.165, 1.54) is 11.0 Å². The summed E-state index contributed by atoms with van der Waals surface area (Å²) in [5, 5.41) is 0.647. The first kappa shape index (κ1) is 23.4. The molecule has 2 heterocycles. The molecule has 0 spiro atoms. The van der Waals surface area contributed by atoms with E-state index in [0.717, 1.165) is 38.3 Å². The maximum atomic E-state index is 13.9. The zero-order valence-electron chi connectivity index (χ0n) is 18.5. The highest BCUT2D eigenvalue weighted by Gasteiger charge is 2.35. The quantitative estimate of drug-likeness (QED) is 0.236. The number of fused-ring (bicyclic) bond motifs is 1. The number of imide groups is 1. The third kappa shape index (κ3) is 5.04. The van der Waals surface area contributed by atoms with Crippen LogP contribution in [0, 0.1) is 5.82 Å². The molecule has 4 aromatic rings. The number of ether oxygens (including phenoxy) is 1. The van der Waals surface area contributed by atoms with E-state index in [0.29, 0.717) is 11.4 Å². The summed E-state index contributed by atoms with van der Waals surface area (Å²) in [7, 11) is 0. The van der Waals surface area contributed by atoms with Gasteiger partial charge in [0.1, 0.15) is 6.61 Å². The monoisotopic (exact) mass is 550 g/mol. The van der Waals surface area contributed by atoms with Crippen LogP contribution in [0.15, 0.2) is 88.4 Å². The number of amides is 2. The van der Waals surface area contributed by atoms with Crippen molar-refractivity contribution in [2.45, 2.75) is 13.1 Å². The van der Waals surface area contributed by atoms with E-state index in [1.807, 2.05) is 59.3 Å². The van der Waals surface area contributed by atoms with Crippen molar-refractivity contribution in [3.05, 3.63) is 105 Å². The first-order chi connectivity index (χ1) is 17.0. The second-order valence-electron chi connectivity index (χ2n) is 7.97. The molecule has 0 N–H and O–H groups in total. The lowest BCUT2D eigenvalue weighted by Crippen LogP contribution is -2.27. The van der Waals surface area contributed by atoms with E-state index in [1.54, 1.807) is 24.3 Å². The van der Waals surface area contributed by atoms with Gasteiger partial charge in [-0.3, -0.25) is 14.5 Å². The molecule has 3 aromatic carbocycles.